The quantitative estimate of drug-likeness (QED) is 0.808. The summed E-state index contributed by atoms with van der Waals surface area (Å²) in [6.45, 7) is 3.29. The number of anilines is 1. The highest BCUT2D eigenvalue weighted by Gasteiger charge is 2.13. The molecule has 1 aromatic carbocycles. The van der Waals surface area contributed by atoms with Crippen molar-refractivity contribution < 1.29 is 4.79 Å². The van der Waals surface area contributed by atoms with Crippen molar-refractivity contribution in [3.8, 4) is 0 Å². The summed E-state index contributed by atoms with van der Waals surface area (Å²) in [6, 6.07) is 11.6. The molecule has 18 heavy (non-hydrogen) atoms. The normalized spacial score (nSPS) is 10.3. The zero-order chi connectivity index (χ0) is 12.8. The molecular weight excluding hydrogens is 226 g/mol. The highest BCUT2D eigenvalue weighted by molar-refractivity contribution is 5.93. The molecule has 0 aliphatic carbocycles. The first kappa shape index (κ1) is 12.4. The van der Waals surface area contributed by atoms with Crippen LogP contribution in [0, 0.1) is 0 Å². The summed E-state index contributed by atoms with van der Waals surface area (Å²) in [7, 11) is 0. The zero-order valence-electron chi connectivity index (χ0n) is 10.5. The number of benzene rings is 1. The lowest BCUT2D eigenvalue weighted by atomic mass is 10.2. The third-order valence-electron chi connectivity index (χ3n) is 2.80. The summed E-state index contributed by atoms with van der Waals surface area (Å²) in [6.07, 6.45) is 4.05. The highest BCUT2D eigenvalue weighted by atomic mass is 16.2. The molecule has 1 aromatic heterocycles. The van der Waals surface area contributed by atoms with Gasteiger partial charge in [-0.05, 0) is 25.1 Å². The smallest absolute Gasteiger partial charge is 0.228 e. The lowest BCUT2D eigenvalue weighted by Crippen LogP contribution is -2.31. The molecule has 0 spiro atoms. The van der Waals surface area contributed by atoms with Crippen LogP contribution in [0.25, 0.3) is 0 Å². The van der Waals surface area contributed by atoms with E-state index in [-0.39, 0.29) is 5.91 Å². The van der Waals surface area contributed by atoms with E-state index in [0.717, 1.165) is 5.69 Å². The van der Waals surface area contributed by atoms with E-state index in [2.05, 4.69) is 5.10 Å². The lowest BCUT2D eigenvalue weighted by molar-refractivity contribution is -0.118. The van der Waals surface area contributed by atoms with Gasteiger partial charge in [-0.3, -0.25) is 9.48 Å². The molecule has 0 fully saturated rings. The molecule has 1 heterocycles. The van der Waals surface area contributed by atoms with Crippen LogP contribution in [0.3, 0.4) is 0 Å². The summed E-state index contributed by atoms with van der Waals surface area (Å²) in [4.78, 5) is 13.9. The van der Waals surface area contributed by atoms with Crippen LogP contribution in [0.5, 0.6) is 0 Å². The second-order valence-electron chi connectivity index (χ2n) is 3.99. The first-order chi connectivity index (χ1) is 8.81. The van der Waals surface area contributed by atoms with Crippen molar-refractivity contribution in [2.24, 2.45) is 0 Å². The predicted molar refractivity (Wildman–Crippen MR) is 71.3 cm³/mol. The number of aromatic nitrogens is 2. The highest BCUT2D eigenvalue weighted by Crippen LogP contribution is 2.14. The number of carbonyl (C=O) groups is 1. The Morgan fingerprint density at radius 2 is 2.06 bits per heavy atom. The third-order valence-corrected chi connectivity index (χ3v) is 2.80. The van der Waals surface area contributed by atoms with Crippen LogP contribution in [0.2, 0.25) is 0 Å². The maximum absolute atomic E-state index is 12.2. The van der Waals surface area contributed by atoms with Crippen molar-refractivity contribution in [1.82, 2.24) is 9.78 Å². The van der Waals surface area contributed by atoms with Gasteiger partial charge >= 0.3 is 0 Å². The van der Waals surface area contributed by atoms with Crippen LogP contribution in [-0.2, 0) is 11.3 Å². The van der Waals surface area contributed by atoms with Crippen LogP contribution in [0.4, 0.5) is 5.69 Å². The number of aryl methyl sites for hydroxylation is 1. The number of para-hydroxylation sites is 1. The number of hydrogen-bond acceptors (Lipinski definition) is 2. The molecule has 2 rings (SSSR count). The molecule has 0 unspecified atom stereocenters. The topological polar surface area (TPSA) is 38.1 Å². The summed E-state index contributed by atoms with van der Waals surface area (Å²) >= 11 is 0. The first-order valence-electron chi connectivity index (χ1n) is 6.14. The van der Waals surface area contributed by atoms with Crippen molar-refractivity contribution in [2.75, 3.05) is 11.4 Å². The minimum absolute atomic E-state index is 0.124. The largest absolute Gasteiger partial charge is 0.313 e. The Bertz CT molecular complexity index is 479. The van der Waals surface area contributed by atoms with Crippen LogP contribution in [0.1, 0.15) is 13.3 Å². The van der Waals surface area contributed by atoms with Crippen LogP contribution in [0.15, 0.2) is 48.8 Å². The molecule has 2 aromatic rings. The van der Waals surface area contributed by atoms with E-state index in [1.807, 2.05) is 49.5 Å². The summed E-state index contributed by atoms with van der Waals surface area (Å²) in [5, 5.41) is 4.09. The molecule has 94 valence electrons. The molecule has 0 radical (unpaired) electrons. The van der Waals surface area contributed by atoms with E-state index >= 15 is 0 Å². The number of hydrogen-bond donors (Lipinski definition) is 0. The van der Waals surface area contributed by atoms with E-state index in [1.165, 1.54) is 0 Å². The number of carbonyl (C=O) groups excluding carboxylic acids is 1. The summed E-state index contributed by atoms with van der Waals surface area (Å²) in [5.74, 6) is 0.124. The minimum Gasteiger partial charge on any atom is -0.313 e. The van der Waals surface area contributed by atoms with Gasteiger partial charge in [0.25, 0.3) is 0 Å². The van der Waals surface area contributed by atoms with E-state index in [9.17, 15) is 4.79 Å². The van der Waals surface area contributed by atoms with Crippen molar-refractivity contribution in [3.05, 3.63) is 48.8 Å². The molecule has 0 atom stereocenters. The van der Waals surface area contributed by atoms with Gasteiger partial charge in [0.2, 0.25) is 5.91 Å². The molecule has 0 aliphatic rings. The fourth-order valence-corrected chi connectivity index (χ4v) is 1.89. The number of rotatable bonds is 5. The van der Waals surface area contributed by atoms with Gasteiger partial charge in [-0.15, -0.1) is 0 Å². The second-order valence-corrected chi connectivity index (χ2v) is 3.99. The Hall–Kier alpha value is -2.10. The van der Waals surface area contributed by atoms with Crippen LogP contribution in [-0.4, -0.2) is 22.2 Å². The molecule has 4 nitrogen and oxygen atoms in total. The number of nitrogens with zero attached hydrogens (tertiary/aromatic N) is 3. The average molecular weight is 243 g/mol. The maximum atomic E-state index is 12.2. The average Bonchev–Trinajstić information content (AvgIpc) is 2.92. The molecular formula is C14H17N3O. The molecule has 0 N–H and O–H groups in total. The number of amides is 1. The lowest BCUT2D eigenvalue weighted by Gasteiger charge is -2.20. The monoisotopic (exact) mass is 243 g/mol. The summed E-state index contributed by atoms with van der Waals surface area (Å²) < 4.78 is 1.77. The fourth-order valence-electron chi connectivity index (χ4n) is 1.89. The Kier molecular flexibility index (Phi) is 4.12. The van der Waals surface area contributed by atoms with Gasteiger partial charge in [0.05, 0.1) is 0 Å². The SMILES string of the molecule is CCN(C(=O)CCn1cccn1)c1ccccc1. The molecule has 0 saturated carbocycles. The van der Waals surface area contributed by atoms with Gasteiger partial charge < -0.3 is 4.90 Å². The Balaban J connectivity index is 1.98. The molecule has 0 saturated heterocycles. The summed E-state index contributed by atoms with van der Waals surface area (Å²) in [5.41, 5.74) is 0.950. The predicted octanol–water partition coefficient (Wildman–Crippen LogP) is 2.33. The van der Waals surface area contributed by atoms with Gasteiger partial charge in [0, 0.05) is 37.6 Å². The van der Waals surface area contributed by atoms with Gasteiger partial charge in [-0.2, -0.15) is 5.10 Å². The Morgan fingerprint density at radius 3 is 2.67 bits per heavy atom. The molecule has 4 heteroatoms. The van der Waals surface area contributed by atoms with Crippen molar-refractivity contribution >= 4 is 11.6 Å². The van der Waals surface area contributed by atoms with Gasteiger partial charge in [-0.1, -0.05) is 18.2 Å². The molecule has 1 amide bonds. The minimum atomic E-state index is 0.124. The van der Waals surface area contributed by atoms with Crippen LogP contribution < -0.4 is 4.90 Å². The fraction of sp³-hybridized carbons (Fsp3) is 0.286. The van der Waals surface area contributed by atoms with Gasteiger partial charge in [0.15, 0.2) is 0 Å². The van der Waals surface area contributed by atoms with Crippen molar-refractivity contribution in [2.45, 2.75) is 19.9 Å². The standard InChI is InChI=1S/C14H17N3O/c1-2-17(13-7-4-3-5-8-13)14(18)9-12-16-11-6-10-15-16/h3-8,10-11H,2,9,12H2,1H3. The van der Waals surface area contributed by atoms with E-state index in [1.54, 1.807) is 15.8 Å². The van der Waals surface area contributed by atoms with Crippen molar-refractivity contribution in [1.29, 1.82) is 0 Å². The second kappa shape index (κ2) is 6.00. The van der Waals surface area contributed by atoms with Gasteiger partial charge in [-0.25, -0.2) is 0 Å². The van der Waals surface area contributed by atoms with E-state index in [4.69, 9.17) is 0 Å². The maximum Gasteiger partial charge on any atom is 0.228 e. The van der Waals surface area contributed by atoms with Crippen molar-refractivity contribution in [3.63, 3.8) is 0 Å². The van der Waals surface area contributed by atoms with E-state index < -0.39 is 0 Å². The van der Waals surface area contributed by atoms with Crippen LogP contribution >= 0.6 is 0 Å². The third kappa shape index (κ3) is 2.97. The molecule has 0 bridgehead atoms. The Morgan fingerprint density at radius 1 is 1.28 bits per heavy atom. The van der Waals surface area contributed by atoms with E-state index in [0.29, 0.717) is 19.5 Å². The zero-order valence-corrected chi connectivity index (χ0v) is 10.5. The first-order valence-corrected chi connectivity index (χ1v) is 6.14. The molecule has 0 aliphatic heterocycles. The van der Waals surface area contributed by atoms with Gasteiger partial charge in [0.1, 0.15) is 0 Å². The Labute approximate surface area is 107 Å².